The van der Waals surface area contributed by atoms with Crippen molar-refractivity contribution in [3.8, 4) is 0 Å². The lowest BCUT2D eigenvalue weighted by atomic mass is 9.96. The Balaban J connectivity index is 1.54. The van der Waals surface area contributed by atoms with Crippen LogP contribution in [-0.4, -0.2) is 78.5 Å². The second-order valence-electron chi connectivity index (χ2n) is 9.31. The van der Waals surface area contributed by atoms with E-state index in [4.69, 9.17) is 16.3 Å². The molecule has 4 amide bonds. The largest absolute Gasteiger partial charge is 0.376 e. The van der Waals surface area contributed by atoms with E-state index in [9.17, 15) is 14.4 Å². The standard InChI is InChI=1S/C24H31ClN4O4/c1-15(2)11-28(12-16-7-6-10-33-16)20(30)14-29-13-19-21(23(29)31)22(26-24(32)27(19)3)17-8-4-5-9-18(17)25/h4-5,8-9,15-16,22H,6-7,10-14H2,1-3H3,(H,26,32). The van der Waals surface area contributed by atoms with E-state index in [1.165, 1.54) is 9.80 Å². The number of carbonyl (C=O) groups is 3. The third-order valence-corrected chi connectivity index (χ3v) is 6.71. The van der Waals surface area contributed by atoms with Crippen LogP contribution in [0.3, 0.4) is 0 Å². The fraction of sp³-hybridized carbons (Fsp3) is 0.542. The van der Waals surface area contributed by atoms with Crippen molar-refractivity contribution in [2.45, 2.75) is 38.8 Å². The van der Waals surface area contributed by atoms with Gasteiger partial charge in [0.1, 0.15) is 6.54 Å². The van der Waals surface area contributed by atoms with Gasteiger partial charge in [0.2, 0.25) is 5.91 Å². The summed E-state index contributed by atoms with van der Waals surface area (Å²) in [6.07, 6.45) is 2.00. The first-order valence-electron chi connectivity index (χ1n) is 11.5. The summed E-state index contributed by atoms with van der Waals surface area (Å²) >= 11 is 6.39. The van der Waals surface area contributed by atoms with Crippen LogP contribution >= 0.6 is 11.6 Å². The molecule has 3 aliphatic heterocycles. The summed E-state index contributed by atoms with van der Waals surface area (Å²) < 4.78 is 5.74. The summed E-state index contributed by atoms with van der Waals surface area (Å²) in [5.41, 5.74) is 1.73. The molecule has 0 aromatic heterocycles. The molecular weight excluding hydrogens is 444 g/mol. The minimum absolute atomic E-state index is 0.0391. The number of nitrogens with one attached hydrogen (secondary N) is 1. The maximum absolute atomic E-state index is 13.5. The van der Waals surface area contributed by atoms with Crippen molar-refractivity contribution >= 4 is 29.4 Å². The third-order valence-electron chi connectivity index (χ3n) is 6.36. The molecule has 0 aliphatic carbocycles. The number of rotatable bonds is 7. The van der Waals surface area contributed by atoms with Crippen LogP contribution in [0.5, 0.6) is 0 Å². The number of urea groups is 1. The van der Waals surface area contributed by atoms with Gasteiger partial charge in [-0.1, -0.05) is 43.6 Å². The third kappa shape index (κ3) is 4.87. The number of amides is 4. The monoisotopic (exact) mass is 474 g/mol. The molecule has 2 unspecified atom stereocenters. The van der Waals surface area contributed by atoms with Gasteiger partial charge in [-0.3, -0.25) is 14.5 Å². The van der Waals surface area contributed by atoms with Crippen LogP contribution in [0, 0.1) is 5.92 Å². The quantitative estimate of drug-likeness (QED) is 0.658. The molecule has 1 aromatic rings. The van der Waals surface area contributed by atoms with E-state index in [1.54, 1.807) is 25.2 Å². The maximum atomic E-state index is 13.5. The van der Waals surface area contributed by atoms with Gasteiger partial charge in [0.15, 0.2) is 0 Å². The molecule has 1 saturated heterocycles. The Morgan fingerprint density at radius 1 is 1.30 bits per heavy atom. The fourth-order valence-electron chi connectivity index (χ4n) is 4.71. The number of ether oxygens (including phenoxy) is 1. The van der Waals surface area contributed by atoms with Crippen LogP contribution < -0.4 is 5.32 Å². The van der Waals surface area contributed by atoms with E-state index in [0.717, 1.165) is 19.4 Å². The lowest BCUT2D eigenvalue weighted by Crippen LogP contribution is -2.46. The Morgan fingerprint density at radius 3 is 2.73 bits per heavy atom. The van der Waals surface area contributed by atoms with Crippen molar-refractivity contribution in [1.82, 2.24) is 20.0 Å². The van der Waals surface area contributed by atoms with Gasteiger partial charge in [0.05, 0.1) is 30.0 Å². The first kappa shape index (κ1) is 23.6. The molecule has 1 N–H and O–H groups in total. The number of nitrogens with zero attached hydrogens (tertiary/aromatic N) is 3. The average Bonchev–Trinajstić information content (AvgIpc) is 3.39. The first-order chi connectivity index (χ1) is 15.8. The van der Waals surface area contributed by atoms with Crippen LogP contribution in [0.2, 0.25) is 5.02 Å². The molecule has 178 valence electrons. The van der Waals surface area contributed by atoms with E-state index in [0.29, 0.717) is 40.9 Å². The van der Waals surface area contributed by atoms with Crippen molar-refractivity contribution in [2.24, 2.45) is 5.92 Å². The highest BCUT2D eigenvalue weighted by Crippen LogP contribution is 2.37. The van der Waals surface area contributed by atoms with Gasteiger partial charge >= 0.3 is 6.03 Å². The summed E-state index contributed by atoms with van der Waals surface area (Å²) in [4.78, 5) is 44.1. The zero-order valence-electron chi connectivity index (χ0n) is 19.3. The van der Waals surface area contributed by atoms with E-state index in [1.807, 2.05) is 11.0 Å². The van der Waals surface area contributed by atoms with Gasteiger partial charge in [-0.05, 0) is 30.4 Å². The van der Waals surface area contributed by atoms with Crippen molar-refractivity contribution < 1.29 is 19.1 Å². The molecule has 0 saturated carbocycles. The molecule has 1 fully saturated rings. The zero-order valence-corrected chi connectivity index (χ0v) is 20.1. The summed E-state index contributed by atoms with van der Waals surface area (Å²) in [5.74, 6) is -0.0612. The average molecular weight is 475 g/mol. The molecule has 2 atom stereocenters. The van der Waals surface area contributed by atoms with Gasteiger partial charge in [0.25, 0.3) is 5.91 Å². The molecule has 4 rings (SSSR count). The first-order valence-corrected chi connectivity index (χ1v) is 11.8. The Labute approximate surface area is 199 Å². The van der Waals surface area contributed by atoms with E-state index >= 15 is 0 Å². The highest BCUT2D eigenvalue weighted by atomic mass is 35.5. The molecule has 1 aromatic carbocycles. The lowest BCUT2D eigenvalue weighted by molar-refractivity contribution is -0.139. The SMILES string of the molecule is CC(C)CN(CC1CCCO1)C(=O)CN1CC2=C(C1=O)C(c1ccccc1Cl)NC(=O)N2C. The number of carbonyl (C=O) groups excluding carboxylic acids is 3. The number of hydrogen-bond acceptors (Lipinski definition) is 4. The van der Waals surface area contributed by atoms with Crippen molar-refractivity contribution in [1.29, 1.82) is 0 Å². The van der Waals surface area contributed by atoms with E-state index in [2.05, 4.69) is 19.2 Å². The smallest absolute Gasteiger partial charge is 0.322 e. The minimum Gasteiger partial charge on any atom is -0.376 e. The summed E-state index contributed by atoms with van der Waals surface area (Å²) in [6.45, 7) is 6.18. The van der Waals surface area contributed by atoms with Crippen LogP contribution in [-0.2, 0) is 14.3 Å². The van der Waals surface area contributed by atoms with Crippen LogP contribution in [0.1, 0.15) is 38.3 Å². The molecule has 0 radical (unpaired) electrons. The Kier molecular flexibility index (Phi) is 6.95. The zero-order chi connectivity index (χ0) is 23.7. The maximum Gasteiger partial charge on any atom is 0.322 e. The second kappa shape index (κ2) is 9.73. The lowest BCUT2D eigenvalue weighted by Gasteiger charge is -2.31. The molecule has 8 nitrogen and oxygen atoms in total. The predicted molar refractivity (Wildman–Crippen MR) is 124 cm³/mol. The predicted octanol–water partition coefficient (Wildman–Crippen LogP) is 2.80. The van der Waals surface area contributed by atoms with Crippen molar-refractivity contribution in [3.05, 3.63) is 46.1 Å². The number of hydrogen-bond donors (Lipinski definition) is 1. The van der Waals surface area contributed by atoms with Crippen molar-refractivity contribution in [2.75, 3.05) is 39.8 Å². The van der Waals surface area contributed by atoms with E-state index in [-0.39, 0.29) is 37.0 Å². The summed E-state index contributed by atoms with van der Waals surface area (Å²) in [5, 5.41) is 3.35. The number of halogens is 1. The normalized spacial score (nSPS) is 22.8. The number of likely N-dealkylation sites (N-methyl/N-ethyl adjacent to an activating group) is 1. The van der Waals surface area contributed by atoms with Crippen LogP contribution in [0.15, 0.2) is 35.5 Å². The summed E-state index contributed by atoms with van der Waals surface area (Å²) in [6, 6.07) is 6.20. The topological polar surface area (TPSA) is 82.2 Å². The number of benzene rings is 1. The van der Waals surface area contributed by atoms with Crippen molar-refractivity contribution in [3.63, 3.8) is 0 Å². The highest BCUT2D eigenvalue weighted by Gasteiger charge is 2.44. The molecule has 9 heteroatoms. The molecule has 3 heterocycles. The molecule has 0 spiro atoms. The molecular formula is C24H31ClN4O4. The Hall–Kier alpha value is -2.58. The minimum atomic E-state index is -0.649. The second-order valence-corrected chi connectivity index (χ2v) is 9.72. The van der Waals surface area contributed by atoms with Gasteiger partial charge in [-0.2, -0.15) is 0 Å². The van der Waals surface area contributed by atoms with E-state index < -0.39 is 6.04 Å². The fourth-order valence-corrected chi connectivity index (χ4v) is 4.95. The molecule has 3 aliphatic rings. The highest BCUT2D eigenvalue weighted by molar-refractivity contribution is 6.31. The molecule has 33 heavy (non-hydrogen) atoms. The van der Waals surface area contributed by atoms with Gasteiger partial charge in [-0.25, -0.2) is 4.79 Å². The van der Waals surface area contributed by atoms with Crippen LogP contribution in [0.4, 0.5) is 4.79 Å². The Bertz CT molecular complexity index is 973. The van der Waals surface area contributed by atoms with Gasteiger partial charge in [0, 0.05) is 31.8 Å². The van der Waals surface area contributed by atoms with Gasteiger partial charge in [-0.15, -0.1) is 0 Å². The van der Waals surface area contributed by atoms with Crippen LogP contribution in [0.25, 0.3) is 0 Å². The summed E-state index contributed by atoms with van der Waals surface area (Å²) in [7, 11) is 1.63. The van der Waals surface area contributed by atoms with Gasteiger partial charge < -0.3 is 19.9 Å². The molecule has 0 bridgehead atoms. The Morgan fingerprint density at radius 2 is 2.06 bits per heavy atom.